The Labute approximate surface area is 86.8 Å². The Morgan fingerprint density at radius 3 is 1.87 bits per heavy atom. The number of alkyl halides is 3. The number of hydrogen-bond acceptors (Lipinski definition) is 3. The largest absolute Gasteiger partial charge is 0.490 e. The number of hydrogen-bond donors (Lipinski definition) is 1. The van der Waals surface area contributed by atoms with Gasteiger partial charge in [0.05, 0.1) is 0 Å². The van der Waals surface area contributed by atoms with Crippen molar-refractivity contribution in [1.29, 1.82) is 0 Å². The van der Waals surface area contributed by atoms with Gasteiger partial charge in [-0.15, -0.1) is 0 Å². The SMILES string of the molecule is CC(C)(C)C[C@](C)(N)OC(=O)C(F)(F)F. The lowest BCUT2D eigenvalue weighted by Gasteiger charge is -2.31. The minimum absolute atomic E-state index is 0.141. The van der Waals surface area contributed by atoms with Crippen LogP contribution >= 0.6 is 0 Å². The Hall–Kier alpha value is -0.780. The minimum Gasteiger partial charge on any atom is -0.438 e. The van der Waals surface area contributed by atoms with Crippen molar-refractivity contribution in [2.45, 2.75) is 46.0 Å². The molecule has 0 rings (SSSR count). The zero-order valence-corrected chi connectivity index (χ0v) is 9.23. The maximum atomic E-state index is 11.9. The van der Waals surface area contributed by atoms with Gasteiger partial charge in [0.15, 0.2) is 5.72 Å². The van der Waals surface area contributed by atoms with Gasteiger partial charge in [-0.25, -0.2) is 4.79 Å². The molecule has 90 valence electrons. The Morgan fingerprint density at radius 2 is 1.60 bits per heavy atom. The molecule has 2 N–H and O–H groups in total. The molecule has 0 aliphatic rings. The lowest BCUT2D eigenvalue weighted by atomic mass is 9.87. The molecule has 0 aromatic heterocycles. The molecule has 0 spiro atoms. The van der Waals surface area contributed by atoms with Crippen molar-refractivity contribution in [3.63, 3.8) is 0 Å². The second kappa shape index (κ2) is 4.00. The maximum Gasteiger partial charge on any atom is 0.490 e. The van der Waals surface area contributed by atoms with Gasteiger partial charge in [-0.05, 0) is 12.3 Å². The third kappa shape index (κ3) is 6.33. The van der Waals surface area contributed by atoms with E-state index in [-0.39, 0.29) is 11.8 Å². The first-order valence-electron chi connectivity index (χ1n) is 4.43. The van der Waals surface area contributed by atoms with Gasteiger partial charge in [0, 0.05) is 6.42 Å². The molecule has 1 atom stereocenters. The zero-order chi connectivity index (χ0) is 12.5. The molecular weight excluding hydrogens is 211 g/mol. The molecule has 0 saturated heterocycles. The van der Waals surface area contributed by atoms with E-state index in [9.17, 15) is 18.0 Å². The van der Waals surface area contributed by atoms with Crippen LogP contribution in [-0.4, -0.2) is 17.9 Å². The molecule has 0 saturated carbocycles. The highest BCUT2D eigenvalue weighted by Gasteiger charge is 2.44. The van der Waals surface area contributed by atoms with Gasteiger partial charge >= 0.3 is 12.1 Å². The second-order valence-corrected chi connectivity index (χ2v) is 4.94. The van der Waals surface area contributed by atoms with Gasteiger partial charge in [-0.1, -0.05) is 20.8 Å². The summed E-state index contributed by atoms with van der Waals surface area (Å²) in [6.07, 6.45) is -4.86. The van der Waals surface area contributed by atoms with Crippen LogP contribution in [0.2, 0.25) is 0 Å². The van der Waals surface area contributed by atoms with Crippen molar-refractivity contribution in [3.05, 3.63) is 0 Å². The number of ether oxygens (including phenoxy) is 1. The average molecular weight is 227 g/mol. The van der Waals surface area contributed by atoms with Crippen LogP contribution < -0.4 is 5.73 Å². The van der Waals surface area contributed by atoms with Gasteiger partial charge in [0.25, 0.3) is 0 Å². The van der Waals surface area contributed by atoms with E-state index >= 15 is 0 Å². The van der Waals surface area contributed by atoms with E-state index in [1.165, 1.54) is 6.92 Å². The minimum atomic E-state index is -5.00. The fraction of sp³-hybridized carbons (Fsp3) is 0.889. The van der Waals surface area contributed by atoms with Crippen LogP contribution in [0.3, 0.4) is 0 Å². The molecule has 0 fully saturated rings. The second-order valence-electron chi connectivity index (χ2n) is 4.94. The number of esters is 1. The van der Waals surface area contributed by atoms with Crippen LogP contribution in [0.4, 0.5) is 13.2 Å². The normalized spacial score (nSPS) is 17.1. The molecule has 0 heterocycles. The van der Waals surface area contributed by atoms with Crippen molar-refractivity contribution in [2.24, 2.45) is 11.1 Å². The van der Waals surface area contributed by atoms with Gasteiger partial charge in [0.1, 0.15) is 0 Å². The first-order valence-corrected chi connectivity index (χ1v) is 4.43. The number of halogens is 3. The standard InChI is InChI=1S/C9H16F3NO2/c1-7(2,3)5-8(4,13)15-6(14)9(10,11)12/h5,13H2,1-4H3/t8-/m1/s1. The lowest BCUT2D eigenvalue weighted by molar-refractivity contribution is -0.214. The molecule has 0 aliphatic carbocycles. The monoisotopic (exact) mass is 227 g/mol. The molecule has 0 amide bonds. The lowest BCUT2D eigenvalue weighted by Crippen LogP contribution is -2.47. The fourth-order valence-electron chi connectivity index (χ4n) is 1.36. The van der Waals surface area contributed by atoms with Crippen LogP contribution in [0.5, 0.6) is 0 Å². The molecule has 0 bridgehead atoms. The van der Waals surface area contributed by atoms with Crippen molar-refractivity contribution >= 4 is 5.97 Å². The summed E-state index contributed by atoms with van der Waals surface area (Å²) >= 11 is 0. The Bertz CT molecular complexity index is 241. The van der Waals surface area contributed by atoms with E-state index in [4.69, 9.17) is 5.73 Å². The van der Waals surface area contributed by atoms with Crippen molar-refractivity contribution in [3.8, 4) is 0 Å². The number of carbonyl (C=O) groups excluding carboxylic acids is 1. The summed E-state index contributed by atoms with van der Waals surface area (Å²) in [6.45, 7) is 6.63. The maximum absolute atomic E-state index is 11.9. The van der Waals surface area contributed by atoms with Gasteiger partial charge in [-0.2, -0.15) is 13.2 Å². The van der Waals surface area contributed by atoms with Crippen molar-refractivity contribution in [2.75, 3.05) is 0 Å². The van der Waals surface area contributed by atoms with E-state index in [0.29, 0.717) is 0 Å². The molecule has 0 unspecified atom stereocenters. The van der Waals surface area contributed by atoms with E-state index in [1.807, 2.05) is 0 Å². The van der Waals surface area contributed by atoms with E-state index in [0.717, 1.165) is 0 Å². The highest BCUT2D eigenvalue weighted by Crippen LogP contribution is 2.28. The van der Waals surface area contributed by atoms with Crippen LogP contribution in [0.15, 0.2) is 0 Å². The molecule has 6 heteroatoms. The first kappa shape index (κ1) is 14.2. The predicted octanol–water partition coefficient (Wildman–Crippen LogP) is 2.20. The summed E-state index contributed by atoms with van der Waals surface area (Å²) in [7, 11) is 0. The Kier molecular flexibility index (Phi) is 3.79. The molecule has 0 aliphatic heterocycles. The fourth-order valence-corrected chi connectivity index (χ4v) is 1.36. The first-order chi connectivity index (χ1) is 6.33. The summed E-state index contributed by atoms with van der Waals surface area (Å²) in [5.74, 6) is -2.25. The van der Waals surface area contributed by atoms with Crippen LogP contribution in [-0.2, 0) is 9.53 Å². The van der Waals surface area contributed by atoms with E-state index < -0.39 is 17.9 Å². The van der Waals surface area contributed by atoms with Crippen LogP contribution in [0, 0.1) is 5.41 Å². The summed E-state index contributed by atoms with van der Waals surface area (Å²) in [6, 6.07) is 0. The number of carbonyl (C=O) groups is 1. The zero-order valence-electron chi connectivity index (χ0n) is 9.23. The Morgan fingerprint density at radius 1 is 1.20 bits per heavy atom. The molecule has 0 radical (unpaired) electrons. The number of rotatable bonds is 2. The molecule has 3 nitrogen and oxygen atoms in total. The van der Waals surface area contributed by atoms with E-state index in [2.05, 4.69) is 4.74 Å². The molecule has 0 aromatic rings. The van der Waals surface area contributed by atoms with Crippen LogP contribution in [0.25, 0.3) is 0 Å². The number of nitrogens with two attached hydrogens (primary N) is 1. The van der Waals surface area contributed by atoms with Crippen molar-refractivity contribution < 1.29 is 22.7 Å². The highest BCUT2D eigenvalue weighted by atomic mass is 19.4. The quantitative estimate of drug-likeness (QED) is 0.581. The van der Waals surface area contributed by atoms with Crippen LogP contribution in [0.1, 0.15) is 34.1 Å². The van der Waals surface area contributed by atoms with Gasteiger partial charge in [-0.3, -0.25) is 5.73 Å². The van der Waals surface area contributed by atoms with Gasteiger partial charge in [0.2, 0.25) is 0 Å². The smallest absolute Gasteiger partial charge is 0.438 e. The summed E-state index contributed by atoms with van der Waals surface area (Å²) < 4.78 is 39.8. The summed E-state index contributed by atoms with van der Waals surface area (Å²) in [5, 5.41) is 0. The predicted molar refractivity (Wildman–Crippen MR) is 48.8 cm³/mol. The summed E-state index contributed by atoms with van der Waals surface area (Å²) in [5.41, 5.74) is 3.53. The average Bonchev–Trinajstić information content (AvgIpc) is 1.76. The summed E-state index contributed by atoms with van der Waals surface area (Å²) in [4.78, 5) is 10.5. The van der Waals surface area contributed by atoms with E-state index in [1.54, 1.807) is 20.8 Å². The highest BCUT2D eigenvalue weighted by molar-refractivity contribution is 5.76. The molecular formula is C9H16F3NO2. The third-order valence-corrected chi connectivity index (χ3v) is 1.44. The molecule has 15 heavy (non-hydrogen) atoms. The Balaban J connectivity index is 4.46. The molecule has 0 aromatic carbocycles. The van der Waals surface area contributed by atoms with Crippen molar-refractivity contribution in [1.82, 2.24) is 0 Å². The third-order valence-electron chi connectivity index (χ3n) is 1.44. The van der Waals surface area contributed by atoms with Gasteiger partial charge < -0.3 is 4.74 Å². The topological polar surface area (TPSA) is 52.3 Å².